The topological polar surface area (TPSA) is 49.0 Å². The summed E-state index contributed by atoms with van der Waals surface area (Å²) in [4.78, 5) is 0. The molecule has 1 rings (SSSR count). The van der Waals surface area contributed by atoms with Crippen LogP contribution in [0.4, 0.5) is 0 Å². The van der Waals surface area contributed by atoms with Gasteiger partial charge in [0.25, 0.3) is 0 Å². The molecular weight excluding hydrogens is 220 g/mol. The predicted molar refractivity (Wildman–Crippen MR) is 48.6 cm³/mol. The van der Waals surface area contributed by atoms with Crippen molar-refractivity contribution in [1.29, 1.82) is 5.26 Å². The maximum atomic E-state index is 8.72. The normalized spacial score (nSPS) is 9.83. The Balaban J connectivity index is 3.10. The molecule has 0 bridgehead atoms. The van der Waals surface area contributed by atoms with Crippen LogP contribution in [0.1, 0.15) is 11.4 Å². The number of aliphatic hydroxyl groups is 1. The van der Waals surface area contributed by atoms with Crippen LogP contribution in [0.3, 0.4) is 0 Å². The van der Waals surface area contributed by atoms with Gasteiger partial charge in [0.2, 0.25) is 0 Å². The zero-order valence-corrected chi connectivity index (χ0v) is 8.30. The minimum Gasteiger partial charge on any atom is -0.396 e. The van der Waals surface area contributed by atoms with Gasteiger partial charge in [-0.25, -0.2) is 0 Å². The van der Waals surface area contributed by atoms with Gasteiger partial charge < -0.3 is 9.67 Å². The van der Waals surface area contributed by atoms with E-state index in [0.29, 0.717) is 12.1 Å². The van der Waals surface area contributed by atoms with Crippen LogP contribution in [0.2, 0.25) is 0 Å². The lowest BCUT2D eigenvalue weighted by Crippen LogP contribution is -2.00. The van der Waals surface area contributed by atoms with Gasteiger partial charge in [0.15, 0.2) is 0 Å². The fourth-order valence-corrected chi connectivity index (χ4v) is 1.72. The highest BCUT2D eigenvalue weighted by molar-refractivity contribution is 9.10. The molecule has 0 saturated carbocycles. The van der Waals surface area contributed by atoms with E-state index < -0.39 is 0 Å². The summed E-state index contributed by atoms with van der Waals surface area (Å²) in [6, 6.07) is 3.93. The number of halogens is 1. The number of hydrogen-bond donors (Lipinski definition) is 1. The lowest BCUT2D eigenvalue weighted by atomic mass is 10.3. The molecule has 12 heavy (non-hydrogen) atoms. The Hall–Kier alpha value is -0.790. The number of aliphatic hydroxyl groups excluding tert-OH is 1. The van der Waals surface area contributed by atoms with Gasteiger partial charge in [0.05, 0.1) is 4.47 Å². The summed E-state index contributed by atoms with van der Waals surface area (Å²) < 4.78 is 2.57. The molecule has 0 aliphatic heterocycles. The van der Waals surface area contributed by atoms with Crippen molar-refractivity contribution in [1.82, 2.24) is 4.57 Å². The van der Waals surface area contributed by atoms with Crippen molar-refractivity contribution in [2.45, 2.75) is 6.42 Å². The summed E-state index contributed by atoms with van der Waals surface area (Å²) in [6.07, 6.45) is 0.580. The standard InChI is InChI=1S/C8H9BrN2O/c1-11-6(2-3-12)4-7(9)8(11)5-10/h4,12H,2-3H2,1H3. The summed E-state index contributed by atoms with van der Waals surface area (Å²) in [5.74, 6) is 0. The molecule has 0 amide bonds. The van der Waals surface area contributed by atoms with Gasteiger partial charge in [-0.05, 0) is 22.0 Å². The molecule has 0 saturated heterocycles. The van der Waals surface area contributed by atoms with Crippen LogP contribution in [0.25, 0.3) is 0 Å². The molecule has 1 heterocycles. The number of nitriles is 1. The molecule has 0 aromatic carbocycles. The van der Waals surface area contributed by atoms with E-state index in [2.05, 4.69) is 22.0 Å². The van der Waals surface area contributed by atoms with E-state index >= 15 is 0 Å². The highest BCUT2D eigenvalue weighted by Crippen LogP contribution is 2.20. The van der Waals surface area contributed by atoms with E-state index in [4.69, 9.17) is 10.4 Å². The van der Waals surface area contributed by atoms with E-state index in [1.165, 1.54) is 0 Å². The van der Waals surface area contributed by atoms with Crippen LogP contribution in [-0.2, 0) is 13.5 Å². The average molecular weight is 229 g/mol. The Morgan fingerprint density at radius 3 is 2.83 bits per heavy atom. The molecule has 1 N–H and O–H groups in total. The smallest absolute Gasteiger partial charge is 0.134 e. The molecule has 0 atom stereocenters. The number of hydrogen-bond acceptors (Lipinski definition) is 2. The van der Waals surface area contributed by atoms with E-state index in [0.717, 1.165) is 10.2 Å². The zero-order valence-electron chi connectivity index (χ0n) is 6.71. The van der Waals surface area contributed by atoms with E-state index in [-0.39, 0.29) is 6.61 Å². The Morgan fingerprint density at radius 1 is 1.75 bits per heavy atom. The SMILES string of the molecule is Cn1c(CCO)cc(Br)c1C#N. The first-order chi connectivity index (χ1) is 5.70. The van der Waals surface area contributed by atoms with Gasteiger partial charge in [0, 0.05) is 25.8 Å². The molecule has 0 aliphatic carbocycles. The summed E-state index contributed by atoms with van der Waals surface area (Å²) >= 11 is 3.27. The van der Waals surface area contributed by atoms with Crippen molar-refractivity contribution in [3.8, 4) is 6.07 Å². The summed E-state index contributed by atoms with van der Waals surface area (Å²) in [5, 5.41) is 17.4. The van der Waals surface area contributed by atoms with Crippen LogP contribution in [-0.4, -0.2) is 16.3 Å². The lowest BCUT2D eigenvalue weighted by Gasteiger charge is -2.00. The second-order valence-corrected chi connectivity index (χ2v) is 3.33. The van der Waals surface area contributed by atoms with Crippen LogP contribution in [0.15, 0.2) is 10.5 Å². The van der Waals surface area contributed by atoms with Gasteiger partial charge in [-0.2, -0.15) is 5.26 Å². The molecule has 0 radical (unpaired) electrons. The summed E-state index contributed by atoms with van der Waals surface area (Å²) in [6.45, 7) is 0.106. The maximum Gasteiger partial charge on any atom is 0.134 e. The second-order valence-electron chi connectivity index (χ2n) is 2.48. The van der Waals surface area contributed by atoms with Gasteiger partial charge in [-0.1, -0.05) is 0 Å². The van der Waals surface area contributed by atoms with Gasteiger partial charge in [-0.3, -0.25) is 0 Å². The van der Waals surface area contributed by atoms with Crippen LogP contribution in [0.5, 0.6) is 0 Å². The molecule has 0 spiro atoms. The molecule has 4 heteroatoms. The fourth-order valence-electron chi connectivity index (χ4n) is 1.10. The van der Waals surface area contributed by atoms with Crippen molar-refractivity contribution in [2.24, 2.45) is 7.05 Å². The Kier molecular flexibility index (Phi) is 2.90. The minimum absolute atomic E-state index is 0.106. The van der Waals surface area contributed by atoms with Gasteiger partial charge in [0.1, 0.15) is 11.8 Å². The monoisotopic (exact) mass is 228 g/mol. The van der Waals surface area contributed by atoms with Crippen molar-refractivity contribution in [2.75, 3.05) is 6.61 Å². The van der Waals surface area contributed by atoms with Crippen molar-refractivity contribution < 1.29 is 5.11 Å². The zero-order chi connectivity index (χ0) is 9.14. The molecule has 0 unspecified atom stereocenters. The average Bonchev–Trinajstić information content (AvgIpc) is 2.29. The van der Waals surface area contributed by atoms with E-state index in [1.54, 1.807) is 4.57 Å². The Morgan fingerprint density at radius 2 is 2.42 bits per heavy atom. The molecule has 0 fully saturated rings. The molecule has 1 aromatic heterocycles. The first-order valence-electron chi connectivity index (χ1n) is 3.55. The first-order valence-corrected chi connectivity index (χ1v) is 4.35. The molecule has 64 valence electrons. The van der Waals surface area contributed by atoms with Gasteiger partial charge >= 0.3 is 0 Å². The van der Waals surface area contributed by atoms with Crippen LogP contribution < -0.4 is 0 Å². The largest absolute Gasteiger partial charge is 0.396 e. The molecular formula is C8H9BrN2O. The summed E-state index contributed by atoms with van der Waals surface area (Å²) in [7, 11) is 1.81. The highest BCUT2D eigenvalue weighted by Gasteiger charge is 2.08. The third kappa shape index (κ3) is 1.52. The van der Waals surface area contributed by atoms with Gasteiger partial charge in [-0.15, -0.1) is 0 Å². The minimum atomic E-state index is 0.106. The fraction of sp³-hybridized carbons (Fsp3) is 0.375. The lowest BCUT2D eigenvalue weighted by molar-refractivity contribution is 0.297. The molecule has 3 nitrogen and oxygen atoms in total. The van der Waals surface area contributed by atoms with Crippen molar-refractivity contribution in [3.05, 3.63) is 21.9 Å². The van der Waals surface area contributed by atoms with Crippen LogP contribution in [0, 0.1) is 11.3 Å². The van der Waals surface area contributed by atoms with Crippen molar-refractivity contribution >= 4 is 15.9 Å². The number of rotatable bonds is 2. The predicted octanol–water partition coefficient (Wildman–Crippen LogP) is 1.19. The highest BCUT2D eigenvalue weighted by atomic mass is 79.9. The Labute approximate surface area is 79.4 Å². The van der Waals surface area contributed by atoms with E-state index in [9.17, 15) is 0 Å². The van der Waals surface area contributed by atoms with Crippen LogP contribution >= 0.6 is 15.9 Å². The summed E-state index contributed by atoms with van der Waals surface area (Å²) in [5.41, 5.74) is 1.55. The molecule has 1 aromatic rings. The quantitative estimate of drug-likeness (QED) is 0.828. The first kappa shape index (κ1) is 9.30. The second kappa shape index (κ2) is 3.74. The maximum absolute atomic E-state index is 8.72. The number of aromatic nitrogens is 1. The van der Waals surface area contributed by atoms with E-state index in [1.807, 2.05) is 13.1 Å². The Bertz CT molecular complexity index is 325. The molecule has 0 aliphatic rings. The third-order valence-corrected chi connectivity index (χ3v) is 2.36. The third-order valence-electron chi connectivity index (χ3n) is 1.76. The van der Waals surface area contributed by atoms with Crippen molar-refractivity contribution in [3.63, 3.8) is 0 Å². The number of nitrogens with zero attached hydrogens (tertiary/aromatic N) is 2.